The standard InChI is InChI=1S/C30H41N/c1-9-14-28(22-25(10-2)21-23(4)29(6,7)8)31-24(5)30(19-20-30)18-13-17-27-16-12-15-26(27)11-3/h1,11,13-14,17,21-22,31H,3,5,10,12,15-16,18-20H2,2,4,6-8H3/b17-13-,23-21+,25-22+,28-14+. The quantitative estimate of drug-likeness (QED) is 0.279. The molecular weight excluding hydrogens is 374 g/mol. The van der Waals surface area contributed by atoms with Gasteiger partial charge in [0.1, 0.15) is 0 Å². The van der Waals surface area contributed by atoms with E-state index in [1.807, 2.05) is 12.2 Å². The molecule has 0 unspecified atom stereocenters. The Balaban J connectivity index is 2.11. The van der Waals surface area contributed by atoms with E-state index in [4.69, 9.17) is 6.42 Å². The molecule has 1 nitrogen and oxygen atoms in total. The molecule has 31 heavy (non-hydrogen) atoms. The van der Waals surface area contributed by atoms with Gasteiger partial charge in [-0.05, 0) is 80.1 Å². The van der Waals surface area contributed by atoms with E-state index in [2.05, 4.69) is 83.3 Å². The first kappa shape index (κ1) is 24.8. The van der Waals surface area contributed by atoms with Crippen molar-refractivity contribution in [3.8, 4) is 12.3 Å². The number of hydrogen-bond acceptors (Lipinski definition) is 1. The van der Waals surface area contributed by atoms with Gasteiger partial charge in [-0.15, -0.1) is 6.42 Å². The van der Waals surface area contributed by atoms with Gasteiger partial charge in [-0.3, -0.25) is 0 Å². The Morgan fingerprint density at radius 1 is 1.19 bits per heavy atom. The largest absolute Gasteiger partial charge is 0.358 e. The van der Waals surface area contributed by atoms with Gasteiger partial charge < -0.3 is 5.32 Å². The SMILES string of the molecule is C#C\C=C(/C=C(/C=C(\C)C(C)(C)C)CC)NC(=C)C1(C/C=C\C2=C(C=C)CCC2)CC1. The topological polar surface area (TPSA) is 12.0 Å². The number of terminal acetylenes is 1. The predicted molar refractivity (Wildman–Crippen MR) is 137 cm³/mol. The van der Waals surface area contributed by atoms with Crippen molar-refractivity contribution in [1.29, 1.82) is 0 Å². The number of allylic oxidation sites excluding steroid dienone is 11. The lowest BCUT2D eigenvalue weighted by Crippen LogP contribution is -2.19. The minimum atomic E-state index is 0.148. The van der Waals surface area contributed by atoms with Crippen molar-refractivity contribution in [3.63, 3.8) is 0 Å². The van der Waals surface area contributed by atoms with Gasteiger partial charge in [-0.1, -0.05) is 76.7 Å². The van der Waals surface area contributed by atoms with Crippen LogP contribution in [0.4, 0.5) is 0 Å². The normalized spacial score (nSPS) is 19.5. The van der Waals surface area contributed by atoms with Crippen molar-refractivity contribution in [3.05, 3.63) is 83.3 Å². The second kappa shape index (κ2) is 10.7. The predicted octanol–water partition coefficient (Wildman–Crippen LogP) is 8.33. The fourth-order valence-electron chi connectivity index (χ4n) is 3.87. The third-order valence-corrected chi connectivity index (χ3v) is 6.74. The molecular formula is C30H41N. The lowest BCUT2D eigenvalue weighted by Gasteiger charge is -2.21. The minimum Gasteiger partial charge on any atom is -0.358 e. The highest BCUT2D eigenvalue weighted by molar-refractivity contribution is 5.39. The van der Waals surface area contributed by atoms with E-state index in [9.17, 15) is 0 Å². The summed E-state index contributed by atoms with van der Waals surface area (Å²) < 4.78 is 0. The summed E-state index contributed by atoms with van der Waals surface area (Å²) in [4.78, 5) is 0. The molecule has 0 saturated heterocycles. The molecule has 0 radical (unpaired) electrons. The van der Waals surface area contributed by atoms with Crippen molar-refractivity contribution >= 4 is 0 Å². The number of rotatable bonds is 10. The van der Waals surface area contributed by atoms with Crippen molar-refractivity contribution < 1.29 is 0 Å². The average Bonchev–Trinajstić information content (AvgIpc) is 3.36. The van der Waals surface area contributed by atoms with Crippen LogP contribution in [0.2, 0.25) is 0 Å². The van der Waals surface area contributed by atoms with Crippen LogP contribution in [0.1, 0.15) is 79.6 Å². The van der Waals surface area contributed by atoms with Gasteiger partial charge in [-0.2, -0.15) is 0 Å². The van der Waals surface area contributed by atoms with Gasteiger partial charge in [0.25, 0.3) is 0 Å². The average molecular weight is 416 g/mol. The molecule has 166 valence electrons. The van der Waals surface area contributed by atoms with Crippen LogP contribution in [0, 0.1) is 23.2 Å². The maximum Gasteiger partial charge on any atom is 0.0469 e. The molecule has 0 aromatic carbocycles. The van der Waals surface area contributed by atoms with Crippen LogP contribution in [0.3, 0.4) is 0 Å². The zero-order valence-electron chi connectivity index (χ0n) is 20.4. The Labute approximate surface area is 191 Å². The monoisotopic (exact) mass is 415 g/mol. The molecule has 0 aliphatic heterocycles. The number of nitrogens with one attached hydrogen (secondary N) is 1. The summed E-state index contributed by atoms with van der Waals surface area (Å²) in [6.07, 6.45) is 26.5. The first-order valence-electron chi connectivity index (χ1n) is 11.7. The summed E-state index contributed by atoms with van der Waals surface area (Å²) in [5, 5.41) is 3.55. The van der Waals surface area contributed by atoms with Gasteiger partial charge in [0.2, 0.25) is 0 Å². The second-order valence-electron chi connectivity index (χ2n) is 10.0. The van der Waals surface area contributed by atoms with Crippen molar-refractivity contribution in [2.45, 2.75) is 79.6 Å². The molecule has 0 atom stereocenters. The third-order valence-electron chi connectivity index (χ3n) is 6.74. The fraction of sp³-hybridized carbons (Fsp3) is 0.467. The summed E-state index contributed by atoms with van der Waals surface area (Å²) in [6, 6.07) is 0. The maximum atomic E-state index is 5.63. The Kier molecular flexibility index (Phi) is 8.58. The zero-order chi connectivity index (χ0) is 23.1. The van der Waals surface area contributed by atoms with E-state index in [-0.39, 0.29) is 10.8 Å². The first-order valence-corrected chi connectivity index (χ1v) is 11.7. The van der Waals surface area contributed by atoms with Crippen LogP contribution in [0.25, 0.3) is 0 Å². The van der Waals surface area contributed by atoms with Crippen LogP contribution in [0.5, 0.6) is 0 Å². The Bertz CT molecular complexity index is 880. The summed E-state index contributed by atoms with van der Waals surface area (Å²) in [5.74, 6) is 2.69. The molecule has 2 rings (SSSR count). The van der Waals surface area contributed by atoms with E-state index >= 15 is 0 Å². The molecule has 0 aromatic rings. The molecule has 0 aromatic heterocycles. The number of hydrogen-bond donors (Lipinski definition) is 1. The second-order valence-corrected chi connectivity index (χ2v) is 10.0. The smallest absolute Gasteiger partial charge is 0.0469 e. The zero-order valence-corrected chi connectivity index (χ0v) is 20.4. The van der Waals surface area contributed by atoms with E-state index in [1.54, 1.807) is 0 Å². The molecule has 0 spiro atoms. The highest BCUT2D eigenvalue weighted by Crippen LogP contribution is 2.54. The van der Waals surface area contributed by atoms with E-state index in [0.717, 1.165) is 30.7 Å². The highest BCUT2D eigenvalue weighted by atomic mass is 14.9. The Morgan fingerprint density at radius 2 is 1.87 bits per heavy atom. The van der Waals surface area contributed by atoms with Gasteiger partial charge >= 0.3 is 0 Å². The molecule has 0 bridgehead atoms. The van der Waals surface area contributed by atoms with Crippen molar-refractivity contribution in [1.82, 2.24) is 5.32 Å². The van der Waals surface area contributed by atoms with Gasteiger partial charge in [0, 0.05) is 22.9 Å². The van der Waals surface area contributed by atoms with E-state index in [1.165, 1.54) is 48.0 Å². The molecule has 1 N–H and O–H groups in total. The van der Waals surface area contributed by atoms with Crippen LogP contribution in [0.15, 0.2) is 83.3 Å². The molecule has 2 aliphatic rings. The van der Waals surface area contributed by atoms with Gasteiger partial charge in [0.05, 0.1) is 0 Å². The Hall–Kier alpha value is -2.46. The summed E-state index contributed by atoms with van der Waals surface area (Å²) in [6.45, 7) is 19.5. The van der Waals surface area contributed by atoms with Crippen LogP contribution >= 0.6 is 0 Å². The van der Waals surface area contributed by atoms with Crippen LogP contribution in [-0.2, 0) is 0 Å². The third kappa shape index (κ3) is 7.03. The van der Waals surface area contributed by atoms with Crippen molar-refractivity contribution in [2.24, 2.45) is 10.8 Å². The summed E-state index contributed by atoms with van der Waals surface area (Å²) in [5.41, 5.74) is 7.83. The molecule has 1 saturated carbocycles. The van der Waals surface area contributed by atoms with Crippen molar-refractivity contribution in [2.75, 3.05) is 0 Å². The molecule has 1 heteroatoms. The lowest BCUT2D eigenvalue weighted by molar-refractivity contribution is 0.503. The maximum absolute atomic E-state index is 5.63. The Morgan fingerprint density at radius 3 is 2.42 bits per heavy atom. The molecule has 0 amide bonds. The molecule has 2 aliphatic carbocycles. The van der Waals surface area contributed by atoms with Crippen LogP contribution in [-0.4, -0.2) is 0 Å². The summed E-state index contributed by atoms with van der Waals surface area (Å²) >= 11 is 0. The first-order chi connectivity index (χ1) is 14.6. The fourth-order valence-corrected chi connectivity index (χ4v) is 3.87. The van der Waals surface area contributed by atoms with E-state index < -0.39 is 0 Å². The lowest BCUT2D eigenvalue weighted by atomic mass is 9.86. The highest BCUT2D eigenvalue weighted by Gasteiger charge is 2.44. The van der Waals surface area contributed by atoms with Gasteiger partial charge in [-0.25, -0.2) is 0 Å². The molecule has 1 fully saturated rings. The summed E-state index contributed by atoms with van der Waals surface area (Å²) in [7, 11) is 0. The van der Waals surface area contributed by atoms with Crippen LogP contribution < -0.4 is 5.32 Å². The minimum absolute atomic E-state index is 0.148. The van der Waals surface area contributed by atoms with Gasteiger partial charge in [0.15, 0.2) is 0 Å². The van der Waals surface area contributed by atoms with E-state index in [0.29, 0.717) is 0 Å². The molecule has 0 heterocycles.